The van der Waals surface area contributed by atoms with E-state index in [0.717, 1.165) is 34.4 Å². The molecule has 0 aliphatic rings. The van der Waals surface area contributed by atoms with Crippen LogP contribution in [-0.2, 0) is 11.3 Å². The highest BCUT2D eigenvalue weighted by molar-refractivity contribution is 9.10. The minimum absolute atomic E-state index is 0.469. The predicted molar refractivity (Wildman–Crippen MR) is 82.9 cm³/mol. The Morgan fingerprint density at radius 2 is 2.21 bits per heavy atom. The summed E-state index contributed by atoms with van der Waals surface area (Å²) in [5.41, 5.74) is 3.68. The van der Waals surface area contributed by atoms with Gasteiger partial charge >= 0.3 is 0 Å². The average Bonchev–Trinajstić information content (AvgIpc) is 2.37. The van der Waals surface area contributed by atoms with Gasteiger partial charge < -0.3 is 14.8 Å². The largest absolute Gasteiger partial charge is 0.489 e. The maximum atomic E-state index is 5.76. The molecule has 0 aliphatic carbocycles. The van der Waals surface area contributed by atoms with E-state index in [1.54, 1.807) is 13.2 Å². The van der Waals surface area contributed by atoms with Gasteiger partial charge in [-0.15, -0.1) is 0 Å². The molecule has 0 unspecified atom stereocenters. The fraction of sp³-hybridized carbons (Fsp3) is 0.429. The lowest BCUT2D eigenvalue weighted by atomic mass is 10.1. The lowest BCUT2D eigenvalue weighted by Gasteiger charge is -2.14. The van der Waals surface area contributed by atoms with Crippen LogP contribution in [0.5, 0.6) is 5.75 Å². The van der Waals surface area contributed by atoms with Crippen molar-refractivity contribution in [2.75, 3.05) is 26.9 Å². The Labute approximate surface area is 128 Å². The van der Waals surface area contributed by atoms with Crippen LogP contribution in [0.25, 0.3) is 0 Å². The van der Waals surface area contributed by atoms with Gasteiger partial charge in [-0.2, -0.15) is 0 Å². The highest BCUT2D eigenvalue weighted by Gasteiger charge is 2.08. The summed E-state index contributed by atoms with van der Waals surface area (Å²) in [4.78, 5) is 0. The van der Waals surface area contributed by atoms with Gasteiger partial charge in [-0.1, -0.05) is 27.5 Å². The SMILES string of the molecule is COCCNCc1cc(Br)cc(C)c1OC/C=C/Cl. The number of aryl methyl sites for hydroxylation is 1. The van der Waals surface area contributed by atoms with E-state index in [-0.39, 0.29) is 0 Å². The van der Waals surface area contributed by atoms with Gasteiger partial charge in [0.15, 0.2) is 0 Å². The van der Waals surface area contributed by atoms with Crippen LogP contribution in [-0.4, -0.2) is 26.9 Å². The Balaban J connectivity index is 2.74. The van der Waals surface area contributed by atoms with Gasteiger partial charge in [-0.3, -0.25) is 0 Å². The molecule has 106 valence electrons. The van der Waals surface area contributed by atoms with Gasteiger partial charge in [0.1, 0.15) is 12.4 Å². The first kappa shape index (κ1) is 16.5. The molecule has 5 heteroatoms. The first-order valence-electron chi connectivity index (χ1n) is 6.05. The monoisotopic (exact) mass is 347 g/mol. The van der Waals surface area contributed by atoms with Crippen molar-refractivity contribution in [2.45, 2.75) is 13.5 Å². The van der Waals surface area contributed by atoms with Crippen molar-refractivity contribution in [3.05, 3.63) is 39.3 Å². The summed E-state index contributed by atoms with van der Waals surface area (Å²) in [5, 5.41) is 3.32. The summed E-state index contributed by atoms with van der Waals surface area (Å²) in [6.07, 6.45) is 1.77. The van der Waals surface area contributed by atoms with Gasteiger partial charge in [0.2, 0.25) is 0 Å². The molecule has 1 aromatic carbocycles. The van der Waals surface area contributed by atoms with Crippen LogP contribution in [0.4, 0.5) is 0 Å². The standard InChI is InChI=1S/C14H19BrClNO2/c1-11-8-13(15)9-12(10-17-5-7-18-2)14(11)19-6-3-4-16/h3-4,8-9,17H,5-7,10H2,1-2H3/b4-3+. The molecule has 0 aromatic heterocycles. The highest BCUT2D eigenvalue weighted by atomic mass is 79.9. The quantitative estimate of drug-likeness (QED) is 0.728. The molecule has 1 rings (SSSR count). The predicted octanol–water partition coefficient (Wildman–Crippen LogP) is 3.62. The second-order valence-corrected chi connectivity index (χ2v) is 5.22. The molecule has 1 N–H and O–H groups in total. The van der Waals surface area contributed by atoms with E-state index in [2.05, 4.69) is 27.3 Å². The van der Waals surface area contributed by atoms with Crippen LogP contribution in [0.15, 0.2) is 28.2 Å². The molecule has 1 aromatic rings. The molecule has 0 bridgehead atoms. The third kappa shape index (κ3) is 5.95. The van der Waals surface area contributed by atoms with Crippen molar-refractivity contribution in [3.8, 4) is 5.75 Å². The maximum absolute atomic E-state index is 5.76. The Bertz CT molecular complexity index is 424. The van der Waals surface area contributed by atoms with Gasteiger partial charge in [0.25, 0.3) is 0 Å². The van der Waals surface area contributed by atoms with E-state index in [0.29, 0.717) is 13.2 Å². The highest BCUT2D eigenvalue weighted by Crippen LogP contribution is 2.28. The fourth-order valence-corrected chi connectivity index (χ4v) is 2.39. The van der Waals surface area contributed by atoms with Gasteiger partial charge in [-0.05, 0) is 30.7 Å². The molecular formula is C14H19BrClNO2. The van der Waals surface area contributed by atoms with Crippen molar-refractivity contribution >= 4 is 27.5 Å². The molecule has 3 nitrogen and oxygen atoms in total. The van der Waals surface area contributed by atoms with E-state index in [4.69, 9.17) is 21.1 Å². The lowest BCUT2D eigenvalue weighted by Crippen LogP contribution is -2.19. The fourth-order valence-electron chi connectivity index (χ4n) is 1.70. The van der Waals surface area contributed by atoms with Gasteiger partial charge in [0, 0.05) is 35.8 Å². The molecule has 0 aliphatic heterocycles. The molecule has 0 saturated carbocycles. The second-order valence-electron chi connectivity index (χ2n) is 4.05. The molecule has 0 atom stereocenters. The van der Waals surface area contributed by atoms with Crippen molar-refractivity contribution in [2.24, 2.45) is 0 Å². The zero-order valence-electron chi connectivity index (χ0n) is 11.2. The number of rotatable bonds is 8. The Morgan fingerprint density at radius 1 is 1.42 bits per heavy atom. The van der Waals surface area contributed by atoms with Crippen molar-refractivity contribution < 1.29 is 9.47 Å². The summed E-state index contributed by atoms with van der Waals surface area (Å²) >= 11 is 9.01. The lowest BCUT2D eigenvalue weighted by molar-refractivity contribution is 0.199. The van der Waals surface area contributed by atoms with Crippen molar-refractivity contribution in [3.63, 3.8) is 0 Å². The third-order valence-electron chi connectivity index (χ3n) is 2.53. The minimum atomic E-state index is 0.469. The topological polar surface area (TPSA) is 30.5 Å². The number of hydrogen-bond acceptors (Lipinski definition) is 3. The molecule has 0 amide bonds. The van der Waals surface area contributed by atoms with Gasteiger partial charge in [0.05, 0.1) is 6.61 Å². The molecular weight excluding hydrogens is 330 g/mol. The van der Waals surface area contributed by atoms with Crippen LogP contribution in [0, 0.1) is 6.92 Å². The van der Waals surface area contributed by atoms with E-state index < -0.39 is 0 Å². The third-order valence-corrected chi connectivity index (χ3v) is 3.16. The summed E-state index contributed by atoms with van der Waals surface area (Å²) in [6, 6.07) is 4.10. The molecule has 0 saturated heterocycles. The van der Waals surface area contributed by atoms with Crippen LogP contribution < -0.4 is 10.1 Å². The first-order chi connectivity index (χ1) is 9.19. The number of benzene rings is 1. The summed E-state index contributed by atoms with van der Waals surface area (Å²) in [7, 11) is 1.69. The van der Waals surface area contributed by atoms with Crippen LogP contribution in [0.2, 0.25) is 0 Å². The second kappa shape index (κ2) is 9.37. The van der Waals surface area contributed by atoms with Crippen LogP contribution >= 0.6 is 27.5 Å². The van der Waals surface area contributed by atoms with Crippen molar-refractivity contribution in [1.82, 2.24) is 5.32 Å². The van der Waals surface area contributed by atoms with Crippen LogP contribution in [0.1, 0.15) is 11.1 Å². The molecule has 0 spiro atoms. The van der Waals surface area contributed by atoms with E-state index in [1.807, 2.05) is 13.0 Å². The van der Waals surface area contributed by atoms with E-state index >= 15 is 0 Å². The number of ether oxygens (including phenoxy) is 2. The van der Waals surface area contributed by atoms with Gasteiger partial charge in [-0.25, -0.2) is 0 Å². The Kier molecular flexibility index (Phi) is 8.14. The Hall–Kier alpha value is -0.550. The first-order valence-corrected chi connectivity index (χ1v) is 7.28. The Morgan fingerprint density at radius 3 is 2.89 bits per heavy atom. The summed E-state index contributed by atoms with van der Waals surface area (Å²) < 4.78 is 11.8. The summed E-state index contributed by atoms with van der Waals surface area (Å²) in [6.45, 7) is 4.74. The molecule has 0 radical (unpaired) electrons. The normalized spacial score (nSPS) is 11.2. The minimum Gasteiger partial charge on any atom is -0.489 e. The maximum Gasteiger partial charge on any atom is 0.127 e. The zero-order chi connectivity index (χ0) is 14.1. The number of hydrogen-bond donors (Lipinski definition) is 1. The molecule has 19 heavy (non-hydrogen) atoms. The number of nitrogens with one attached hydrogen (secondary N) is 1. The number of halogens is 2. The zero-order valence-corrected chi connectivity index (χ0v) is 13.6. The van der Waals surface area contributed by atoms with E-state index in [1.165, 1.54) is 5.54 Å². The smallest absolute Gasteiger partial charge is 0.127 e. The summed E-state index contributed by atoms with van der Waals surface area (Å²) in [5.74, 6) is 0.905. The number of methoxy groups -OCH3 is 1. The van der Waals surface area contributed by atoms with Crippen LogP contribution in [0.3, 0.4) is 0 Å². The van der Waals surface area contributed by atoms with E-state index in [9.17, 15) is 0 Å². The molecule has 0 fully saturated rings. The van der Waals surface area contributed by atoms with Crippen molar-refractivity contribution in [1.29, 1.82) is 0 Å². The average molecular weight is 349 g/mol. The molecule has 0 heterocycles.